The van der Waals surface area contributed by atoms with Gasteiger partial charge in [-0.2, -0.15) is 4.31 Å². The van der Waals surface area contributed by atoms with Crippen molar-refractivity contribution in [2.45, 2.75) is 25.7 Å². The molecule has 0 aliphatic heterocycles. The van der Waals surface area contributed by atoms with Crippen LogP contribution in [0.3, 0.4) is 0 Å². The molecule has 0 unspecified atom stereocenters. The summed E-state index contributed by atoms with van der Waals surface area (Å²) >= 11 is 6.05. The number of hydrogen-bond acceptors (Lipinski definition) is 4. The van der Waals surface area contributed by atoms with Crippen molar-refractivity contribution in [2.24, 2.45) is 0 Å². The molecule has 2 amide bonds. The van der Waals surface area contributed by atoms with E-state index in [0.717, 1.165) is 11.1 Å². The molecule has 0 spiro atoms. The third-order valence-corrected chi connectivity index (χ3v) is 6.81. The van der Waals surface area contributed by atoms with Gasteiger partial charge < -0.3 is 0 Å². The van der Waals surface area contributed by atoms with Crippen LogP contribution in [0, 0.1) is 6.92 Å². The van der Waals surface area contributed by atoms with Crippen LogP contribution in [0.4, 0.5) is 0 Å². The van der Waals surface area contributed by atoms with E-state index in [1.54, 1.807) is 26.0 Å². The van der Waals surface area contributed by atoms with Gasteiger partial charge in [0.1, 0.15) is 0 Å². The third-order valence-electron chi connectivity index (χ3n) is 4.36. The number of hydrazine groups is 1. The first-order chi connectivity index (χ1) is 14.2. The molecule has 0 aliphatic rings. The summed E-state index contributed by atoms with van der Waals surface area (Å²) in [5.41, 5.74) is 6.30. The molecule has 30 heavy (non-hydrogen) atoms. The van der Waals surface area contributed by atoms with Crippen molar-refractivity contribution >= 4 is 39.5 Å². The van der Waals surface area contributed by atoms with Crippen LogP contribution in [0.5, 0.6) is 0 Å². The number of rotatable bonds is 7. The Morgan fingerprint density at radius 2 is 1.77 bits per heavy atom. The molecule has 0 radical (unpaired) electrons. The smallest absolute Gasteiger partial charge is 0.268 e. The number of carbonyl (C=O) groups is 2. The fraction of sp³-hybridized carbons (Fsp3) is 0.238. The molecule has 0 aromatic heterocycles. The lowest BCUT2D eigenvalue weighted by atomic mass is 10.1. The van der Waals surface area contributed by atoms with Crippen molar-refractivity contribution in [1.82, 2.24) is 15.2 Å². The van der Waals surface area contributed by atoms with Gasteiger partial charge in [-0.25, -0.2) is 8.42 Å². The van der Waals surface area contributed by atoms with E-state index in [1.807, 2.05) is 19.1 Å². The molecule has 0 saturated heterocycles. The quantitative estimate of drug-likeness (QED) is 0.501. The fourth-order valence-corrected chi connectivity index (χ4v) is 4.32. The van der Waals surface area contributed by atoms with E-state index in [9.17, 15) is 18.0 Å². The Hall–Kier alpha value is -2.68. The summed E-state index contributed by atoms with van der Waals surface area (Å²) in [5.74, 6) is -1.18. The van der Waals surface area contributed by atoms with Crippen molar-refractivity contribution < 1.29 is 18.0 Å². The van der Waals surface area contributed by atoms with Gasteiger partial charge >= 0.3 is 0 Å². The molecular formula is C21H24ClN3O4S. The Morgan fingerprint density at radius 1 is 1.07 bits per heavy atom. The summed E-state index contributed by atoms with van der Waals surface area (Å²) in [6.07, 6.45) is 2.81. The van der Waals surface area contributed by atoms with Gasteiger partial charge in [0, 0.05) is 29.8 Å². The Labute approximate surface area is 181 Å². The second-order valence-electron chi connectivity index (χ2n) is 6.40. The monoisotopic (exact) mass is 449 g/mol. The third kappa shape index (κ3) is 5.91. The first kappa shape index (κ1) is 23.6. The Kier molecular flexibility index (Phi) is 8.16. The molecule has 160 valence electrons. The Morgan fingerprint density at radius 3 is 2.40 bits per heavy atom. The fourth-order valence-electron chi connectivity index (χ4n) is 2.63. The number of amides is 2. The highest BCUT2D eigenvalue weighted by molar-refractivity contribution is 7.89. The maximum Gasteiger partial charge on any atom is 0.269 e. The summed E-state index contributed by atoms with van der Waals surface area (Å²) in [6.45, 7) is 6.00. The molecule has 0 heterocycles. The topological polar surface area (TPSA) is 95.6 Å². The first-order valence-corrected chi connectivity index (χ1v) is 11.2. The summed E-state index contributed by atoms with van der Waals surface area (Å²) in [5, 5.41) is 0.588. The number of nitrogens with one attached hydrogen (secondary N) is 2. The molecule has 2 aromatic carbocycles. The molecule has 2 aromatic rings. The SMILES string of the molecule is CCN(CC)S(=O)(=O)c1cccc(C(=O)NNC(=O)/C=C/c2ccc(C)c(Cl)c2)c1. The average molecular weight is 450 g/mol. The van der Waals surface area contributed by atoms with Gasteiger partial charge in [-0.15, -0.1) is 0 Å². The predicted octanol–water partition coefficient (Wildman–Crippen LogP) is 3.15. The van der Waals surface area contributed by atoms with Crippen LogP contribution in [0.25, 0.3) is 6.08 Å². The second kappa shape index (κ2) is 10.4. The zero-order valence-corrected chi connectivity index (χ0v) is 18.5. The number of benzene rings is 2. The van der Waals surface area contributed by atoms with Crippen LogP contribution >= 0.6 is 11.6 Å². The summed E-state index contributed by atoms with van der Waals surface area (Å²) in [6, 6.07) is 11.0. The van der Waals surface area contributed by atoms with Crippen molar-refractivity contribution in [3.8, 4) is 0 Å². The summed E-state index contributed by atoms with van der Waals surface area (Å²) in [7, 11) is -3.69. The molecule has 0 bridgehead atoms. The minimum atomic E-state index is -3.69. The highest BCUT2D eigenvalue weighted by Gasteiger charge is 2.22. The molecule has 0 fully saturated rings. The zero-order valence-electron chi connectivity index (χ0n) is 17.0. The minimum Gasteiger partial charge on any atom is -0.268 e. The number of hydrogen-bond donors (Lipinski definition) is 2. The van der Waals surface area contributed by atoms with Crippen molar-refractivity contribution in [2.75, 3.05) is 13.1 Å². The molecule has 7 nitrogen and oxygen atoms in total. The van der Waals surface area contributed by atoms with Crippen LogP contribution in [0.15, 0.2) is 53.4 Å². The van der Waals surface area contributed by atoms with E-state index < -0.39 is 21.8 Å². The van der Waals surface area contributed by atoms with Gasteiger partial charge in [-0.05, 0) is 48.4 Å². The van der Waals surface area contributed by atoms with E-state index >= 15 is 0 Å². The number of nitrogens with zero attached hydrogens (tertiary/aromatic N) is 1. The Balaban J connectivity index is 2.03. The van der Waals surface area contributed by atoms with E-state index in [1.165, 1.54) is 34.6 Å². The maximum atomic E-state index is 12.6. The Bertz CT molecular complexity index is 1060. The lowest BCUT2D eigenvalue weighted by molar-refractivity contribution is -0.117. The molecule has 0 saturated carbocycles. The lowest BCUT2D eigenvalue weighted by Gasteiger charge is -2.18. The molecule has 9 heteroatoms. The highest BCUT2D eigenvalue weighted by Crippen LogP contribution is 2.18. The highest BCUT2D eigenvalue weighted by atomic mass is 35.5. The van der Waals surface area contributed by atoms with Crippen LogP contribution < -0.4 is 10.9 Å². The molecule has 2 N–H and O–H groups in total. The first-order valence-electron chi connectivity index (χ1n) is 9.33. The van der Waals surface area contributed by atoms with Crippen molar-refractivity contribution in [1.29, 1.82) is 0 Å². The van der Waals surface area contributed by atoms with Crippen molar-refractivity contribution in [3.63, 3.8) is 0 Å². The van der Waals surface area contributed by atoms with Gasteiger partial charge in [0.15, 0.2) is 0 Å². The summed E-state index contributed by atoms with van der Waals surface area (Å²) in [4.78, 5) is 24.3. The molecule has 0 aliphatic carbocycles. The van der Waals surface area contributed by atoms with Crippen LogP contribution in [-0.4, -0.2) is 37.6 Å². The zero-order chi connectivity index (χ0) is 22.3. The number of sulfonamides is 1. The average Bonchev–Trinajstić information content (AvgIpc) is 2.73. The summed E-state index contributed by atoms with van der Waals surface area (Å²) < 4.78 is 26.5. The molecule has 2 rings (SSSR count). The molecular weight excluding hydrogens is 426 g/mol. The van der Waals surface area contributed by atoms with E-state index in [0.29, 0.717) is 18.1 Å². The van der Waals surface area contributed by atoms with E-state index in [-0.39, 0.29) is 10.5 Å². The van der Waals surface area contributed by atoms with Crippen LogP contribution in [-0.2, 0) is 14.8 Å². The second-order valence-corrected chi connectivity index (χ2v) is 8.75. The van der Waals surface area contributed by atoms with Crippen molar-refractivity contribution in [3.05, 3.63) is 70.3 Å². The minimum absolute atomic E-state index is 0.0151. The van der Waals surface area contributed by atoms with Gasteiger partial charge in [-0.1, -0.05) is 43.6 Å². The predicted molar refractivity (Wildman–Crippen MR) is 117 cm³/mol. The lowest BCUT2D eigenvalue weighted by Crippen LogP contribution is -2.40. The van der Waals surface area contributed by atoms with Gasteiger partial charge in [0.25, 0.3) is 11.8 Å². The van der Waals surface area contributed by atoms with Crippen LogP contribution in [0.2, 0.25) is 5.02 Å². The largest absolute Gasteiger partial charge is 0.269 e. The van der Waals surface area contributed by atoms with E-state index in [4.69, 9.17) is 11.6 Å². The van der Waals surface area contributed by atoms with E-state index in [2.05, 4.69) is 10.9 Å². The van der Waals surface area contributed by atoms with Crippen LogP contribution in [0.1, 0.15) is 35.3 Å². The normalized spacial score (nSPS) is 11.6. The van der Waals surface area contributed by atoms with Gasteiger partial charge in [0.2, 0.25) is 10.0 Å². The number of aryl methyl sites for hydroxylation is 1. The van der Waals surface area contributed by atoms with Gasteiger partial charge in [-0.3, -0.25) is 20.4 Å². The number of halogens is 1. The maximum absolute atomic E-state index is 12.6. The number of carbonyl (C=O) groups excluding carboxylic acids is 2. The van der Waals surface area contributed by atoms with Gasteiger partial charge in [0.05, 0.1) is 4.90 Å². The standard InChI is InChI=1S/C21H24ClN3O4S/c1-4-25(5-2)30(28,29)18-8-6-7-17(14-18)21(27)24-23-20(26)12-11-16-10-9-15(3)19(22)13-16/h6-14H,4-5H2,1-3H3,(H,23,26)(H,24,27)/b12-11+. The molecule has 0 atom stereocenters.